The molecular formula is C18H28N2O2. The van der Waals surface area contributed by atoms with Crippen LogP contribution in [0.2, 0.25) is 0 Å². The highest BCUT2D eigenvalue weighted by Gasteiger charge is 2.28. The molecular weight excluding hydrogens is 276 g/mol. The molecule has 1 atom stereocenters. The van der Waals surface area contributed by atoms with Gasteiger partial charge in [-0.1, -0.05) is 37.3 Å². The van der Waals surface area contributed by atoms with Crippen molar-refractivity contribution in [2.24, 2.45) is 0 Å². The molecule has 0 bridgehead atoms. The highest BCUT2D eigenvalue weighted by molar-refractivity contribution is 5.77. The summed E-state index contributed by atoms with van der Waals surface area (Å²) in [5.41, 5.74) is 1.21. The van der Waals surface area contributed by atoms with E-state index in [0.717, 1.165) is 45.8 Å². The van der Waals surface area contributed by atoms with Crippen LogP contribution in [0.4, 0.5) is 0 Å². The summed E-state index contributed by atoms with van der Waals surface area (Å²) in [5, 5.41) is 0. The van der Waals surface area contributed by atoms with Gasteiger partial charge in [0.15, 0.2) is 0 Å². The van der Waals surface area contributed by atoms with Crippen molar-refractivity contribution in [3.05, 3.63) is 35.9 Å². The third kappa shape index (κ3) is 4.82. The van der Waals surface area contributed by atoms with Gasteiger partial charge in [0.05, 0.1) is 6.61 Å². The zero-order chi connectivity index (χ0) is 15.8. The van der Waals surface area contributed by atoms with E-state index in [1.165, 1.54) is 5.56 Å². The average molecular weight is 304 g/mol. The van der Waals surface area contributed by atoms with Crippen molar-refractivity contribution in [1.29, 1.82) is 0 Å². The molecule has 1 aliphatic rings. The summed E-state index contributed by atoms with van der Waals surface area (Å²) >= 11 is 0. The van der Waals surface area contributed by atoms with Crippen molar-refractivity contribution in [2.75, 3.05) is 32.8 Å². The van der Waals surface area contributed by atoms with Crippen LogP contribution in [0.15, 0.2) is 30.3 Å². The number of rotatable bonds is 7. The van der Waals surface area contributed by atoms with Crippen molar-refractivity contribution < 1.29 is 9.53 Å². The first-order valence-corrected chi connectivity index (χ1v) is 8.38. The number of carbonyl (C=O) groups excluding carboxylic acids is 1. The summed E-state index contributed by atoms with van der Waals surface area (Å²) in [4.78, 5) is 17.0. The van der Waals surface area contributed by atoms with E-state index in [4.69, 9.17) is 4.74 Å². The van der Waals surface area contributed by atoms with Crippen molar-refractivity contribution in [3.8, 4) is 0 Å². The van der Waals surface area contributed by atoms with Crippen LogP contribution < -0.4 is 0 Å². The largest absolute Gasteiger partial charge is 0.380 e. The van der Waals surface area contributed by atoms with Crippen molar-refractivity contribution >= 4 is 5.91 Å². The number of benzene rings is 1. The average Bonchev–Trinajstić information content (AvgIpc) is 2.69. The molecule has 122 valence electrons. The standard InChI is InChI=1S/C18H28N2O2/c1-3-17-15-19(12-13-22-4-2)11-10-18(21)20(17)14-16-8-6-5-7-9-16/h5-9,17H,3-4,10-15H2,1-2H3/t17-/m1/s1. The van der Waals surface area contributed by atoms with Gasteiger partial charge in [0.2, 0.25) is 5.91 Å². The lowest BCUT2D eigenvalue weighted by Gasteiger charge is -2.31. The number of nitrogens with zero attached hydrogens (tertiary/aromatic N) is 2. The van der Waals surface area contributed by atoms with Gasteiger partial charge < -0.3 is 9.64 Å². The highest BCUT2D eigenvalue weighted by atomic mass is 16.5. The van der Waals surface area contributed by atoms with Gasteiger partial charge in [0.1, 0.15) is 0 Å². The molecule has 0 aliphatic carbocycles. The Hall–Kier alpha value is -1.39. The van der Waals surface area contributed by atoms with Crippen LogP contribution in [-0.4, -0.2) is 54.6 Å². The quantitative estimate of drug-likeness (QED) is 0.726. The summed E-state index contributed by atoms with van der Waals surface area (Å²) in [5.74, 6) is 0.273. The second-order valence-electron chi connectivity index (χ2n) is 5.82. The minimum Gasteiger partial charge on any atom is -0.380 e. The topological polar surface area (TPSA) is 32.8 Å². The number of hydrogen-bond acceptors (Lipinski definition) is 3. The third-order valence-corrected chi connectivity index (χ3v) is 4.29. The van der Waals surface area contributed by atoms with Crippen LogP contribution in [-0.2, 0) is 16.1 Å². The third-order valence-electron chi connectivity index (χ3n) is 4.29. The molecule has 0 aromatic heterocycles. The van der Waals surface area contributed by atoms with E-state index in [9.17, 15) is 4.79 Å². The van der Waals surface area contributed by atoms with Crippen LogP contribution in [0.25, 0.3) is 0 Å². The first-order valence-electron chi connectivity index (χ1n) is 8.38. The van der Waals surface area contributed by atoms with Crippen molar-refractivity contribution in [2.45, 2.75) is 39.3 Å². The Morgan fingerprint density at radius 2 is 2.00 bits per heavy atom. The van der Waals surface area contributed by atoms with Gasteiger partial charge >= 0.3 is 0 Å². The fourth-order valence-electron chi connectivity index (χ4n) is 2.98. The number of amides is 1. The molecule has 1 fully saturated rings. The molecule has 1 aromatic carbocycles. The van der Waals surface area contributed by atoms with Gasteiger partial charge in [-0.25, -0.2) is 0 Å². The minimum atomic E-state index is 0.273. The first-order chi connectivity index (χ1) is 10.7. The molecule has 1 amide bonds. The molecule has 0 spiro atoms. The smallest absolute Gasteiger partial charge is 0.224 e. The normalized spacial score (nSPS) is 20.2. The zero-order valence-corrected chi connectivity index (χ0v) is 13.8. The van der Waals surface area contributed by atoms with E-state index < -0.39 is 0 Å². The molecule has 0 unspecified atom stereocenters. The van der Waals surface area contributed by atoms with Gasteiger partial charge in [0.25, 0.3) is 0 Å². The lowest BCUT2D eigenvalue weighted by molar-refractivity contribution is -0.133. The molecule has 4 heteroatoms. The summed E-state index contributed by atoms with van der Waals surface area (Å²) in [6.45, 7) is 9.11. The molecule has 1 heterocycles. The van der Waals surface area contributed by atoms with E-state index in [2.05, 4.69) is 28.9 Å². The van der Waals surface area contributed by atoms with Gasteiger partial charge in [-0.3, -0.25) is 9.69 Å². The van der Waals surface area contributed by atoms with E-state index in [1.54, 1.807) is 0 Å². The van der Waals surface area contributed by atoms with Gasteiger partial charge in [-0.15, -0.1) is 0 Å². The van der Waals surface area contributed by atoms with Crippen LogP contribution in [0.3, 0.4) is 0 Å². The molecule has 1 saturated heterocycles. The summed E-state index contributed by atoms with van der Waals surface area (Å²) in [7, 11) is 0. The molecule has 0 radical (unpaired) electrons. The molecule has 1 aromatic rings. The highest BCUT2D eigenvalue weighted by Crippen LogP contribution is 2.17. The Labute approximate surface area is 134 Å². The summed E-state index contributed by atoms with van der Waals surface area (Å²) < 4.78 is 5.46. The molecule has 4 nitrogen and oxygen atoms in total. The van der Waals surface area contributed by atoms with E-state index >= 15 is 0 Å². The Kier molecular flexibility index (Phi) is 6.87. The van der Waals surface area contributed by atoms with Crippen molar-refractivity contribution in [1.82, 2.24) is 9.80 Å². The lowest BCUT2D eigenvalue weighted by atomic mass is 10.1. The fourth-order valence-corrected chi connectivity index (χ4v) is 2.98. The summed E-state index contributed by atoms with van der Waals surface area (Å²) in [6.07, 6.45) is 1.60. The Morgan fingerprint density at radius 3 is 2.68 bits per heavy atom. The first kappa shape index (κ1) is 17.0. The number of carbonyl (C=O) groups is 1. The van der Waals surface area contributed by atoms with E-state index in [-0.39, 0.29) is 11.9 Å². The summed E-state index contributed by atoms with van der Waals surface area (Å²) in [6, 6.07) is 10.6. The van der Waals surface area contributed by atoms with Crippen LogP contribution in [0.5, 0.6) is 0 Å². The second kappa shape index (κ2) is 8.91. The maximum Gasteiger partial charge on any atom is 0.224 e. The minimum absolute atomic E-state index is 0.273. The molecule has 0 N–H and O–H groups in total. The Bertz CT molecular complexity index is 450. The van der Waals surface area contributed by atoms with Crippen molar-refractivity contribution in [3.63, 3.8) is 0 Å². The Morgan fingerprint density at radius 1 is 1.23 bits per heavy atom. The van der Waals surface area contributed by atoms with E-state index in [1.807, 2.05) is 25.1 Å². The number of ether oxygens (including phenoxy) is 1. The van der Waals surface area contributed by atoms with Crippen LogP contribution >= 0.6 is 0 Å². The number of hydrogen-bond donors (Lipinski definition) is 0. The van der Waals surface area contributed by atoms with Gasteiger partial charge in [-0.05, 0) is 18.9 Å². The Balaban J connectivity index is 2.00. The monoisotopic (exact) mass is 304 g/mol. The van der Waals surface area contributed by atoms with Crippen LogP contribution in [0, 0.1) is 0 Å². The zero-order valence-electron chi connectivity index (χ0n) is 13.8. The predicted octanol–water partition coefficient (Wildman–Crippen LogP) is 2.54. The molecule has 2 rings (SSSR count). The maximum atomic E-state index is 12.5. The van der Waals surface area contributed by atoms with Crippen LogP contribution in [0.1, 0.15) is 32.3 Å². The predicted molar refractivity (Wildman–Crippen MR) is 88.6 cm³/mol. The van der Waals surface area contributed by atoms with Gasteiger partial charge in [0, 0.05) is 45.2 Å². The molecule has 0 saturated carbocycles. The fraction of sp³-hybridized carbons (Fsp3) is 0.611. The molecule has 1 aliphatic heterocycles. The van der Waals surface area contributed by atoms with Gasteiger partial charge in [-0.2, -0.15) is 0 Å². The maximum absolute atomic E-state index is 12.5. The lowest BCUT2D eigenvalue weighted by Crippen LogP contribution is -2.43. The molecule has 22 heavy (non-hydrogen) atoms. The second-order valence-corrected chi connectivity index (χ2v) is 5.82. The van der Waals surface area contributed by atoms with E-state index in [0.29, 0.717) is 6.42 Å². The SMILES string of the molecule is CCOCCN1CCC(=O)N(Cc2ccccc2)[C@H](CC)C1.